The minimum absolute atomic E-state index is 0.438. The van der Waals surface area contributed by atoms with Crippen LogP contribution in [0.5, 0.6) is 0 Å². The molecule has 1 saturated heterocycles. The first-order valence-corrected chi connectivity index (χ1v) is 6.40. The summed E-state index contributed by atoms with van der Waals surface area (Å²) in [7, 11) is 0. The zero-order chi connectivity index (χ0) is 10.7. The van der Waals surface area contributed by atoms with E-state index in [1.165, 1.54) is 19.3 Å². The molecule has 3 fully saturated rings. The Morgan fingerprint density at radius 2 is 1.93 bits per heavy atom. The summed E-state index contributed by atoms with van der Waals surface area (Å²) in [5.41, 5.74) is 0.933. The van der Waals surface area contributed by atoms with E-state index in [1.54, 1.807) is 0 Å². The number of ether oxygens (including phenoxy) is 1. The second-order valence-corrected chi connectivity index (χ2v) is 6.52. The Hall–Kier alpha value is -0.0800. The summed E-state index contributed by atoms with van der Waals surface area (Å²) >= 11 is 0. The molecule has 2 saturated carbocycles. The van der Waals surface area contributed by atoms with Crippen LogP contribution in [-0.2, 0) is 4.74 Å². The number of hydrogen-bond acceptors (Lipinski definition) is 2. The minimum atomic E-state index is 0.438. The van der Waals surface area contributed by atoms with Gasteiger partial charge in [-0.15, -0.1) is 0 Å². The van der Waals surface area contributed by atoms with Crippen molar-refractivity contribution in [2.45, 2.75) is 52.2 Å². The second-order valence-electron chi connectivity index (χ2n) is 6.52. The van der Waals surface area contributed by atoms with E-state index >= 15 is 0 Å². The molecular formula is C13H23NO. The van der Waals surface area contributed by atoms with Gasteiger partial charge in [0.2, 0.25) is 0 Å². The topological polar surface area (TPSA) is 21.3 Å². The van der Waals surface area contributed by atoms with Crippen molar-refractivity contribution in [2.75, 3.05) is 13.1 Å². The SMILES string of the molecule is CC1(C)C2CCC1(C)C(OC1CNC1)C2. The molecule has 15 heavy (non-hydrogen) atoms. The van der Waals surface area contributed by atoms with Crippen molar-refractivity contribution in [3.63, 3.8) is 0 Å². The smallest absolute Gasteiger partial charge is 0.0827 e. The number of nitrogens with one attached hydrogen (secondary N) is 1. The molecule has 1 aliphatic heterocycles. The van der Waals surface area contributed by atoms with E-state index < -0.39 is 0 Å². The fraction of sp³-hybridized carbons (Fsp3) is 1.00. The molecule has 0 amide bonds. The average Bonchev–Trinajstić information content (AvgIpc) is 2.43. The first kappa shape index (κ1) is 10.1. The predicted octanol–water partition coefficient (Wildman–Crippen LogP) is 2.19. The molecule has 3 aliphatic rings. The lowest BCUT2D eigenvalue weighted by atomic mass is 9.70. The Bertz CT molecular complexity index is 272. The quantitative estimate of drug-likeness (QED) is 0.752. The molecule has 3 rings (SSSR count). The predicted molar refractivity (Wildman–Crippen MR) is 60.8 cm³/mol. The Morgan fingerprint density at radius 3 is 2.33 bits per heavy atom. The molecule has 0 aromatic heterocycles. The van der Waals surface area contributed by atoms with Gasteiger partial charge in [0.15, 0.2) is 0 Å². The van der Waals surface area contributed by atoms with E-state index in [4.69, 9.17) is 4.74 Å². The molecule has 0 aromatic carbocycles. The standard InChI is InChI=1S/C13H23NO/c1-12(2)9-4-5-13(12,3)11(6-9)15-10-7-14-8-10/h9-11,14H,4-8H2,1-3H3. The highest BCUT2D eigenvalue weighted by Gasteiger charge is 2.62. The Morgan fingerprint density at radius 1 is 1.20 bits per heavy atom. The van der Waals surface area contributed by atoms with Gasteiger partial charge in [0, 0.05) is 13.1 Å². The summed E-state index contributed by atoms with van der Waals surface area (Å²) in [5.74, 6) is 0.903. The first-order valence-electron chi connectivity index (χ1n) is 6.40. The van der Waals surface area contributed by atoms with Crippen molar-refractivity contribution in [3.8, 4) is 0 Å². The summed E-state index contributed by atoms with van der Waals surface area (Å²) in [6.07, 6.45) is 5.13. The molecule has 0 radical (unpaired) electrons. The van der Waals surface area contributed by atoms with Crippen LogP contribution < -0.4 is 5.32 Å². The normalized spacial score (nSPS) is 48.2. The lowest BCUT2D eigenvalue weighted by Gasteiger charge is -2.42. The van der Waals surface area contributed by atoms with Crippen LogP contribution in [0.15, 0.2) is 0 Å². The zero-order valence-corrected chi connectivity index (χ0v) is 10.2. The van der Waals surface area contributed by atoms with Crippen molar-refractivity contribution in [1.29, 1.82) is 0 Å². The second kappa shape index (κ2) is 2.98. The van der Waals surface area contributed by atoms with Crippen LogP contribution in [0.4, 0.5) is 0 Å². The molecule has 1 N–H and O–H groups in total. The third-order valence-electron chi connectivity index (χ3n) is 5.81. The largest absolute Gasteiger partial charge is 0.372 e. The lowest BCUT2D eigenvalue weighted by Crippen LogP contribution is -2.52. The van der Waals surface area contributed by atoms with Crippen LogP contribution in [0.25, 0.3) is 0 Å². The van der Waals surface area contributed by atoms with Crippen molar-refractivity contribution >= 4 is 0 Å². The van der Waals surface area contributed by atoms with E-state index in [0.717, 1.165) is 19.0 Å². The number of fused-ring (bicyclic) bond motifs is 2. The molecule has 2 aliphatic carbocycles. The zero-order valence-electron chi connectivity index (χ0n) is 10.2. The van der Waals surface area contributed by atoms with Crippen molar-refractivity contribution in [2.24, 2.45) is 16.7 Å². The monoisotopic (exact) mass is 209 g/mol. The molecule has 3 atom stereocenters. The number of rotatable bonds is 2. The third-order valence-corrected chi connectivity index (χ3v) is 5.81. The summed E-state index contributed by atoms with van der Waals surface area (Å²) in [6, 6.07) is 0. The molecule has 2 bridgehead atoms. The Balaban J connectivity index is 1.76. The molecule has 1 heterocycles. The highest BCUT2D eigenvalue weighted by Crippen LogP contribution is 2.66. The molecule has 2 nitrogen and oxygen atoms in total. The highest BCUT2D eigenvalue weighted by atomic mass is 16.5. The number of hydrogen-bond donors (Lipinski definition) is 1. The van der Waals surface area contributed by atoms with Gasteiger partial charge in [-0.25, -0.2) is 0 Å². The molecule has 86 valence electrons. The van der Waals surface area contributed by atoms with Crippen molar-refractivity contribution in [1.82, 2.24) is 5.32 Å². The molecule has 0 aromatic rings. The van der Waals surface area contributed by atoms with Crippen LogP contribution >= 0.6 is 0 Å². The van der Waals surface area contributed by atoms with Crippen LogP contribution in [-0.4, -0.2) is 25.3 Å². The Labute approximate surface area is 92.8 Å². The van der Waals surface area contributed by atoms with Crippen LogP contribution in [0.3, 0.4) is 0 Å². The summed E-state index contributed by atoms with van der Waals surface area (Å²) in [6.45, 7) is 9.49. The van der Waals surface area contributed by atoms with E-state index in [1.807, 2.05) is 0 Å². The summed E-state index contributed by atoms with van der Waals surface area (Å²) < 4.78 is 6.26. The maximum Gasteiger partial charge on any atom is 0.0827 e. The maximum atomic E-state index is 6.26. The molecule has 2 heteroatoms. The van der Waals surface area contributed by atoms with E-state index in [0.29, 0.717) is 23.0 Å². The van der Waals surface area contributed by atoms with Crippen LogP contribution in [0.2, 0.25) is 0 Å². The van der Waals surface area contributed by atoms with Crippen molar-refractivity contribution < 1.29 is 4.74 Å². The van der Waals surface area contributed by atoms with Gasteiger partial charge in [0.1, 0.15) is 0 Å². The van der Waals surface area contributed by atoms with Gasteiger partial charge in [0.05, 0.1) is 12.2 Å². The van der Waals surface area contributed by atoms with E-state index in [-0.39, 0.29) is 0 Å². The van der Waals surface area contributed by atoms with E-state index in [2.05, 4.69) is 26.1 Å². The fourth-order valence-corrected chi connectivity index (χ4v) is 3.93. The highest BCUT2D eigenvalue weighted by molar-refractivity contribution is 5.11. The first-order chi connectivity index (χ1) is 7.04. The van der Waals surface area contributed by atoms with E-state index in [9.17, 15) is 0 Å². The van der Waals surface area contributed by atoms with Gasteiger partial charge in [0.25, 0.3) is 0 Å². The summed E-state index contributed by atoms with van der Waals surface area (Å²) in [5, 5.41) is 3.29. The fourth-order valence-electron chi connectivity index (χ4n) is 3.93. The molecular weight excluding hydrogens is 186 g/mol. The van der Waals surface area contributed by atoms with Gasteiger partial charge in [-0.2, -0.15) is 0 Å². The van der Waals surface area contributed by atoms with Crippen molar-refractivity contribution in [3.05, 3.63) is 0 Å². The lowest BCUT2D eigenvalue weighted by molar-refractivity contribution is -0.101. The van der Waals surface area contributed by atoms with Crippen LogP contribution in [0.1, 0.15) is 40.0 Å². The minimum Gasteiger partial charge on any atom is -0.372 e. The summed E-state index contributed by atoms with van der Waals surface area (Å²) in [4.78, 5) is 0. The molecule has 3 unspecified atom stereocenters. The maximum absolute atomic E-state index is 6.26. The van der Waals surface area contributed by atoms with Gasteiger partial charge in [-0.05, 0) is 36.0 Å². The van der Waals surface area contributed by atoms with Gasteiger partial charge in [-0.3, -0.25) is 0 Å². The Kier molecular flexibility index (Phi) is 2.01. The average molecular weight is 209 g/mol. The third kappa shape index (κ3) is 1.18. The molecule has 0 spiro atoms. The van der Waals surface area contributed by atoms with Gasteiger partial charge < -0.3 is 10.1 Å². The van der Waals surface area contributed by atoms with Gasteiger partial charge >= 0.3 is 0 Å². The van der Waals surface area contributed by atoms with Gasteiger partial charge in [-0.1, -0.05) is 20.8 Å². The van der Waals surface area contributed by atoms with Crippen LogP contribution in [0, 0.1) is 16.7 Å².